The first-order valence-electron chi connectivity index (χ1n) is 6.99. The highest BCUT2D eigenvalue weighted by Crippen LogP contribution is 2.30. The Morgan fingerprint density at radius 3 is 2.91 bits per heavy atom. The lowest BCUT2D eigenvalue weighted by Crippen LogP contribution is -2.27. The topological polar surface area (TPSA) is 42.7 Å². The number of anilines is 1. The fourth-order valence-corrected chi connectivity index (χ4v) is 2.68. The molecular formula is C17H16ClNO3. The zero-order chi connectivity index (χ0) is 15.7. The summed E-state index contributed by atoms with van der Waals surface area (Å²) in [5.41, 5.74) is 1.91. The highest BCUT2D eigenvalue weighted by molar-refractivity contribution is 6.32. The van der Waals surface area contributed by atoms with E-state index in [0.717, 1.165) is 17.8 Å². The molecular weight excluding hydrogens is 302 g/mol. The van der Waals surface area contributed by atoms with Crippen molar-refractivity contribution < 1.29 is 9.15 Å². The Hall–Kier alpha value is -2.20. The molecule has 0 saturated carbocycles. The Kier molecular flexibility index (Phi) is 3.94. The summed E-state index contributed by atoms with van der Waals surface area (Å²) in [6, 6.07) is 9.15. The van der Waals surface area contributed by atoms with Gasteiger partial charge in [-0.25, -0.2) is 4.79 Å². The average Bonchev–Trinajstić information content (AvgIpc) is 2.48. The van der Waals surface area contributed by atoms with Gasteiger partial charge < -0.3 is 14.1 Å². The predicted molar refractivity (Wildman–Crippen MR) is 87.9 cm³/mol. The van der Waals surface area contributed by atoms with Crippen LogP contribution in [0.15, 0.2) is 45.6 Å². The molecule has 22 heavy (non-hydrogen) atoms. The number of rotatable bonds is 3. The molecule has 0 saturated heterocycles. The summed E-state index contributed by atoms with van der Waals surface area (Å²) < 4.78 is 11.0. The maximum Gasteiger partial charge on any atom is 0.345 e. The van der Waals surface area contributed by atoms with Crippen molar-refractivity contribution in [3.63, 3.8) is 0 Å². The summed E-state index contributed by atoms with van der Waals surface area (Å²) in [5, 5.41) is 0.548. The monoisotopic (exact) mass is 317 g/mol. The van der Waals surface area contributed by atoms with Gasteiger partial charge in [0.05, 0.1) is 16.3 Å². The van der Waals surface area contributed by atoms with Gasteiger partial charge in [0.1, 0.15) is 18.1 Å². The van der Waals surface area contributed by atoms with Crippen LogP contribution in [0.4, 0.5) is 5.69 Å². The summed E-state index contributed by atoms with van der Waals surface area (Å²) in [6.07, 6.45) is 1.98. The van der Waals surface area contributed by atoms with Crippen LogP contribution in [-0.2, 0) is 0 Å². The summed E-state index contributed by atoms with van der Waals surface area (Å²) in [6.45, 7) is 2.77. The van der Waals surface area contributed by atoms with E-state index in [0.29, 0.717) is 22.1 Å². The van der Waals surface area contributed by atoms with Gasteiger partial charge in [0.2, 0.25) is 0 Å². The summed E-state index contributed by atoms with van der Waals surface area (Å²) in [4.78, 5) is 14.2. The molecule has 4 nitrogen and oxygen atoms in total. The Morgan fingerprint density at radius 2 is 2.14 bits per heavy atom. The fraction of sp³-hybridized carbons (Fsp3) is 0.235. The molecule has 0 N–H and O–H groups in total. The average molecular weight is 318 g/mol. The third-order valence-electron chi connectivity index (χ3n) is 3.62. The van der Waals surface area contributed by atoms with Crippen molar-refractivity contribution in [3.8, 4) is 5.75 Å². The number of nitrogens with zero attached hydrogens (tertiary/aromatic N) is 1. The van der Waals surface area contributed by atoms with E-state index in [4.69, 9.17) is 20.8 Å². The van der Waals surface area contributed by atoms with Crippen LogP contribution >= 0.6 is 11.6 Å². The standard InChI is InChI=1S/C17H16ClNO3/c1-11-9-14-16(17(20)22-11)12(7-8-19(14)2)10-21-15-6-4-3-5-13(15)18/h3-7,9H,8,10H2,1-2H3. The Labute approximate surface area is 133 Å². The van der Waals surface area contributed by atoms with Gasteiger partial charge in [-0.05, 0) is 19.1 Å². The highest BCUT2D eigenvalue weighted by atomic mass is 35.5. The Bertz CT molecular complexity index is 795. The number of hydrogen-bond acceptors (Lipinski definition) is 4. The van der Waals surface area contributed by atoms with E-state index in [1.54, 1.807) is 19.1 Å². The second-order valence-corrected chi connectivity index (χ2v) is 5.64. The number of ether oxygens (including phenoxy) is 1. The molecule has 0 spiro atoms. The molecule has 0 fully saturated rings. The van der Waals surface area contributed by atoms with Gasteiger partial charge in [-0.15, -0.1) is 0 Å². The third-order valence-corrected chi connectivity index (χ3v) is 3.93. The first-order chi connectivity index (χ1) is 10.6. The molecule has 0 radical (unpaired) electrons. The molecule has 5 heteroatoms. The molecule has 2 aromatic rings. The normalized spacial score (nSPS) is 13.6. The first-order valence-corrected chi connectivity index (χ1v) is 7.36. The highest BCUT2D eigenvalue weighted by Gasteiger charge is 2.22. The van der Waals surface area contributed by atoms with Crippen LogP contribution in [0, 0.1) is 6.92 Å². The Morgan fingerprint density at radius 1 is 1.36 bits per heavy atom. The third kappa shape index (κ3) is 2.74. The molecule has 0 bridgehead atoms. The van der Waals surface area contributed by atoms with E-state index >= 15 is 0 Å². The lowest BCUT2D eigenvalue weighted by Gasteiger charge is -2.26. The minimum atomic E-state index is -0.337. The van der Waals surface area contributed by atoms with Gasteiger partial charge in [-0.3, -0.25) is 0 Å². The van der Waals surface area contributed by atoms with Crippen LogP contribution in [0.25, 0.3) is 5.57 Å². The SMILES string of the molecule is Cc1cc2c(c(=O)o1)C(COc1ccccc1Cl)=CCN2C. The van der Waals surface area contributed by atoms with Gasteiger partial charge in [0, 0.05) is 25.2 Å². The van der Waals surface area contributed by atoms with Crippen molar-refractivity contribution in [2.75, 3.05) is 25.1 Å². The number of para-hydroxylation sites is 1. The lowest BCUT2D eigenvalue weighted by atomic mass is 10.0. The number of benzene rings is 1. The van der Waals surface area contributed by atoms with Crippen molar-refractivity contribution in [2.24, 2.45) is 0 Å². The number of likely N-dealkylation sites (N-methyl/N-ethyl adjacent to an activating group) is 1. The molecule has 0 atom stereocenters. The summed E-state index contributed by atoms with van der Waals surface area (Å²) in [5.74, 6) is 1.20. The lowest BCUT2D eigenvalue weighted by molar-refractivity contribution is 0.368. The van der Waals surface area contributed by atoms with Crippen molar-refractivity contribution in [3.05, 3.63) is 63.2 Å². The molecule has 3 rings (SSSR count). The number of aryl methyl sites for hydroxylation is 1. The molecule has 0 aliphatic carbocycles. The first kappa shape index (κ1) is 14.7. The maximum absolute atomic E-state index is 12.2. The smallest absolute Gasteiger partial charge is 0.345 e. The van der Waals surface area contributed by atoms with Crippen LogP contribution in [0.2, 0.25) is 5.02 Å². The van der Waals surface area contributed by atoms with Gasteiger partial charge >= 0.3 is 5.63 Å². The van der Waals surface area contributed by atoms with Crippen LogP contribution in [0.3, 0.4) is 0 Å². The molecule has 1 aromatic carbocycles. The predicted octanol–water partition coefficient (Wildman–Crippen LogP) is 3.51. The molecule has 1 aliphatic heterocycles. The van der Waals surface area contributed by atoms with E-state index in [2.05, 4.69) is 0 Å². The van der Waals surface area contributed by atoms with E-state index < -0.39 is 0 Å². The van der Waals surface area contributed by atoms with Crippen LogP contribution in [0.5, 0.6) is 5.75 Å². The molecule has 0 unspecified atom stereocenters. The van der Waals surface area contributed by atoms with Crippen LogP contribution < -0.4 is 15.3 Å². The second-order valence-electron chi connectivity index (χ2n) is 5.23. The maximum atomic E-state index is 12.2. The van der Waals surface area contributed by atoms with Gasteiger partial charge in [-0.2, -0.15) is 0 Å². The number of halogens is 1. The van der Waals surface area contributed by atoms with Crippen molar-refractivity contribution in [1.82, 2.24) is 0 Å². The van der Waals surface area contributed by atoms with E-state index in [9.17, 15) is 4.79 Å². The zero-order valence-electron chi connectivity index (χ0n) is 12.4. The van der Waals surface area contributed by atoms with Gasteiger partial charge in [0.25, 0.3) is 0 Å². The minimum Gasteiger partial charge on any atom is -0.487 e. The van der Waals surface area contributed by atoms with Crippen molar-refractivity contribution in [2.45, 2.75) is 6.92 Å². The number of hydrogen-bond donors (Lipinski definition) is 0. The second kappa shape index (κ2) is 5.89. The van der Waals surface area contributed by atoms with Gasteiger partial charge in [-0.1, -0.05) is 29.8 Å². The minimum absolute atomic E-state index is 0.276. The van der Waals surface area contributed by atoms with Crippen LogP contribution in [0.1, 0.15) is 11.3 Å². The fourth-order valence-electron chi connectivity index (χ4n) is 2.49. The summed E-state index contributed by atoms with van der Waals surface area (Å²) in [7, 11) is 1.94. The van der Waals surface area contributed by atoms with Crippen molar-refractivity contribution >= 4 is 22.9 Å². The molecule has 1 aromatic heterocycles. The molecule has 0 amide bonds. The van der Waals surface area contributed by atoms with Crippen LogP contribution in [-0.4, -0.2) is 20.2 Å². The Balaban J connectivity index is 1.91. The van der Waals surface area contributed by atoms with Crippen molar-refractivity contribution in [1.29, 1.82) is 0 Å². The molecule has 1 aliphatic rings. The zero-order valence-corrected chi connectivity index (χ0v) is 13.2. The molecule has 2 heterocycles. The van der Waals surface area contributed by atoms with E-state index in [-0.39, 0.29) is 12.2 Å². The summed E-state index contributed by atoms with van der Waals surface area (Å²) >= 11 is 6.08. The largest absolute Gasteiger partial charge is 0.487 e. The molecule has 114 valence electrons. The van der Waals surface area contributed by atoms with Gasteiger partial charge in [0.15, 0.2) is 0 Å². The van der Waals surface area contributed by atoms with E-state index in [1.165, 1.54) is 0 Å². The number of fused-ring (bicyclic) bond motifs is 1. The quantitative estimate of drug-likeness (QED) is 0.868. The van der Waals surface area contributed by atoms with E-state index in [1.807, 2.05) is 36.2 Å².